The summed E-state index contributed by atoms with van der Waals surface area (Å²) in [5.41, 5.74) is 4.21. The number of aromatic nitrogens is 1. The number of piperidine rings is 1. The van der Waals surface area contributed by atoms with Crippen LogP contribution in [-0.4, -0.2) is 56.9 Å². The van der Waals surface area contributed by atoms with Gasteiger partial charge in [-0.25, -0.2) is 9.59 Å². The summed E-state index contributed by atoms with van der Waals surface area (Å²) in [7, 11) is 1.49. The van der Waals surface area contributed by atoms with Crippen LogP contribution in [0.3, 0.4) is 0 Å². The number of carbonyl (C=O) groups is 2. The Balaban J connectivity index is 0.000000205. The number of phenols is 2. The number of aromatic hydroxyl groups is 2. The SMILES string of the molecule is CC[C@@]12C=C(C(=O)OC)n3c4c(c5ccccc53)CCN(CCC1)[C@H]42.O=C(O)c1c(O)cccc1O. The molecule has 0 bridgehead atoms. The third kappa shape index (κ3) is 3.55. The Bertz CT molecular complexity index is 1370. The van der Waals surface area contributed by atoms with E-state index in [1.165, 1.54) is 48.4 Å². The van der Waals surface area contributed by atoms with Gasteiger partial charge in [0.2, 0.25) is 0 Å². The van der Waals surface area contributed by atoms with Gasteiger partial charge in [-0.05, 0) is 62.1 Å². The molecule has 0 aliphatic carbocycles. The van der Waals surface area contributed by atoms with Crippen LogP contribution in [-0.2, 0) is 16.0 Å². The number of carbonyl (C=O) groups excluding carboxylic acids is 1. The Labute approximate surface area is 209 Å². The highest BCUT2D eigenvalue weighted by Crippen LogP contribution is 2.57. The fourth-order valence-corrected chi connectivity index (χ4v) is 6.28. The van der Waals surface area contributed by atoms with E-state index in [4.69, 9.17) is 20.1 Å². The van der Waals surface area contributed by atoms with E-state index in [1.807, 2.05) is 0 Å². The maximum absolute atomic E-state index is 12.7. The molecule has 36 heavy (non-hydrogen) atoms. The smallest absolute Gasteiger partial charge is 0.354 e. The van der Waals surface area contributed by atoms with Crippen molar-refractivity contribution in [2.24, 2.45) is 5.41 Å². The van der Waals surface area contributed by atoms with Crippen molar-refractivity contribution in [2.75, 3.05) is 20.2 Å². The number of nitrogens with zero attached hydrogens (tertiary/aromatic N) is 2. The van der Waals surface area contributed by atoms with Crippen molar-refractivity contribution >= 4 is 28.5 Å². The van der Waals surface area contributed by atoms with Gasteiger partial charge < -0.3 is 24.6 Å². The molecule has 8 heteroatoms. The number of benzene rings is 2. The molecule has 0 saturated carbocycles. The van der Waals surface area contributed by atoms with Crippen LogP contribution in [0, 0.1) is 5.41 Å². The Kier molecular flexibility index (Phi) is 6.00. The highest BCUT2D eigenvalue weighted by atomic mass is 16.5. The van der Waals surface area contributed by atoms with Gasteiger partial charge in [-0.2, -0.15) is 0 Å². The summed E-state index contributed by atoms with van der Waals surface area (Å²) in [6, 6.07) is 12.6. The van der Waals surface area contributed by atoms with E-state index < -0.39 is 23.0 Å². The molecule has 1 aromatic heterocycles. The van der Waals surface area contributed by atoms with Crippen LogP contribution < -0.4 is 0 Å². The Morgan fingerprint density at radius 1 is 1.08 bits per heavy atom. The van der Waals surface area contributed by atoms with Crippen LogP contribution in [0.25, 0.3) is 16.6 Å². The zero-order valence-electron chi connectivity index (χ0n) is 20.4. The molecule has 3 aliphatic rings. The molecule has 1 saturated heterocycles. The van der Waals surface area contributed by atoms with Crippen molar-refractivity contribution in [1.82, 2.24) is 9.47 Å². The summed E-state index contributed by atoms with van der Waals surface area (Å²) in [6.07, 6.45) is 6.70. The van der Waals surface area contributed by atoms with Crippen LogP contribution in [0.5, 0.6) is 11.5 Å². The van der Waals surface area contributed by atoms with Gasteiger partial charge in [-0.1, -0.05) is 31.2 Å². The molecular formula is C28H30N2O6. The minimum Gasteiger partial charge on any atom is -0.507 e. The third-order valence-electron chi connectivity index (χ3n) is 7.88. The summed E-state index contributed by atoms with van der Waals surface area (Å²) in [4.78, 5) is 25.7. The van der Waals surface area contributed by atoms with E-state index in [9.17, 15) is 9.59 Å². The molecule has 2 aromatic carbocycles. The molecule has 0 spiro atoms. The highest BCUT2D eigenvalue weighted by Gasteiger charge is 2.51. The van der Waals surface area contributed by atoms with E-state index in [-0.39, 0.29) is 11.4 Å². The van der Waals surface area contributed by atoms with Crippen molar-refractivity contribution in [3.05, 3.63) is 65.4 Å². The largest absolute Gasteiger partial charge is 0.507 e. The van der Waals surface area contributed by atoms with Crippen LogP contribution in [0.1, 0.15) is 53.8 Å². The zero-order chi connectivity index (χ0) is 25.6. The first-order valence-electron chi connectivity index (χ1n) is 12.2. The lowest BCUT2D eigenvalue weighted by Crippen LogP contribution is -2.51. The van der Waals surface area contributed by atoms with E-state index in [0.29, 0.717) is 11.7 Å². The summed E-state index contributed by atoms with van der Waals surface area (Å²) in [5, 5.41) is 27.6. The van der Waals surface area contributed by atoms with Gasteiger partial charge >= 0.3 is 11.9 Å². The zero-order valence-corrected chi connectivity index (χ0v) is 20.4. The van der Waals surface area contributed by atoms with E-state index in [0.717, 1.165) is 37.9 Å². The van der Waals surface area contributed by atoms with Gasteiger partial charge in [0, 0.05) is 23.0 Å². The molecule has 3 N–H and O–H groups in total. The number of aromatic carboxylic acids is 1. The maximum Gasteiger partial charge on any atom is 0.354 e. The monoisotopic (exact) mass is 490 g/mol. The van der Waals surface area contributed by atoms with Gasteiger partial charge in [0.1, 0.15) is 22.8 Å². The fourth-order valence-electron chi connectivity index (χ4n) is 6.28. The fraction of sp³-hybridized carbons (Fsp3) is 0.357. The van der Waals surface area contributed by atoms with E-state index >= 15 is 0 Å². The topological polar surface area (TPSA) is 112 Å². The second-order valence-electron chi connectivity index (χ2n) is 9.59. The second-order valence-corrected chi connectivity index (χ2v) is 9.59. The van der Waals surface area contributed by atoms with Crippen LogP contribution in [0.15, 0.2) is 48.5 Å². The number of carboxylic acids is 1. The van der Waals surface area contributed by atoms with Crippen LogP contribution in [0.2, 0.25) is 0 Å². The van der Waals surface area contributed by atoms with Crippen molar-refractivity contribution < 1.29 is 29.6 Å². The number of methoxy groups -OCH3 is 1. The van der Waals surface area contributed by atoms with Gasteiger partial charge in [0.25, 0.3) is 0 Å². The molecule has 3 aliphatic heterocycles. The number of rotatable bonds is 3. The predicted molar refractivity (Wildman–Crippen MR) is 135 cm³/mol. The quantitative estimate of drug-likeness (QED) is 0.462. The number of hydrogen-bond donors (Lipinski definition) is 3. The molecular weight excluding hydrogens is 460 g/mol. The molecule has 188 valence electrons. The van der Waals surface area contributed by atoms with Crippen molar-refractivity contribution in [2.45, 2.75) is 38.6 Å². The van der Waals surface area contributed by atoms with Crippen LogP contribution >= 0.6 is 0 Å². The Morgan fingerprint density at radius 2 is 1.81 bits per heavy atom. The molecule has 8 nitrogen and oxygen atoms in total. The second kappa shape index (κ2) is 9.02. The minimum absolute atomic E-state index is 0.0430. The first-order valence-corrected chi connectivity index (χ1v) is 12.2. The number of carboxylic acid groups (broad SMARTS) is 1. The molecule has 6 rings (SSSR count). The Hall–Kier alpha value is -3.78. The summed E-state index contributed by atoms with van der Waals surface area (Å²) < 4.78 is 7.38. The summed E-state index contributed by atoms with van der Waals surface area (Å²) >= 11 is 0. The number of hydrogen-bond acceptors (Lipinski definition) is 6. The van der Waals surface area contributed by atoms with E-state index in [2.05, 4.69) is 46.7 Å². The number of para-hydroxylation sites is 1. The van der Waals surface area contributed by atoms with Gasteiger partial charge in [0.15, 0.2) is 0 Å². The third-order valence-corrected chi connectivity index (χ3v) is 7.88. The predicted octanol–water partition coefficient (Wildman–Crippen LogP) is 4.55. The number of ether oxygens (including phenoxy) is 1. The summed E-state index contributed by atoms with van der Waals surface area (Å²) in [5.74, 6) is -2.44. The average molecular weight is 491 g/mol. The molecule has 0 amide bonds. The molecule has 0 unspecified atom stereocenters. The highest BCUT2D eigenvalue weighted by molar-refractivity contribution is 6.13. The molecule has 3 aromatic rings. The molecule has 0 radical (unpaired) electrons. The van der Waals surface area contributed by atoms with Crippen molar-refractivity contribution in [3.8, 4) is 11.5 Å². The Morgan fingerprint density at radius 3 is 2.44 bits per heavy atom. The number of esters is 1. The first-order chi connectivity index (χ1) is 17.3. The average Bonchev–Trinajstić information content (AvgIpc) is 3.22. The standard InChI is InChI=1S/C21H24N2O2.C7H6O4/c1-3-21-10-6-11-22-12-9-15-14-7-4-5-8-16(14)23(18(15)19(21)22)17(13-21)20(24)25-2;8-4-2-1-3-5(9)6(4)7(10)11/h4-5,7-8,13,19H,3,6,9-12H2,1-2H3;1-3,8-9H,(H,10,11)/t19-,21+;/m1./s1. The van der Waals surface area contributed by atoms with Gasteiger partial charge in [-0.15, -0.1) is 0 Å². The minimum atomic E-state index is -1.35. The molecule has 1 fully saturated rings. The number of fused-ring (bicyclic) bond motifs is 3. The lowest BCUT2D eigenvalue weighted by Gasteiger charge is -2.53. The molecule has 4 heterocycles. The lowest BCUT2D eigenvalue weighted by atomic mass is 9.66. The van der Waals surface area contributed by atoms with Gasteiger partial charge in [-0.3, -0.25) is 4.90 Å². The lowest BCUT2D eigenvalue weighted by molar-refractivity contribution is -0.134. The molecule has 2 atom stereocenters. The normalized spacial score (nSPS) is 22.2. The van der Waals surface area contributed by atoms with Crippen LogP contribution in [0.4, 0.5) is 0 Å². The van der Waals surface area contributed by atoms with Crippen molar-refractivity contribution in [3.63, 3.8) is 0 Å². The van der Waals surface area contributed by atoms with Crippen molar-refractivity contribution in [1.29, 1.82) is 0 Å². The summed E-state index contributed by atoms with van der Waals surface area (Å²) in [6.45, 7) is 4.55. The van der Waals surface area contributed by atoms with Gasteiger partial charge in [0.05, 0.1) is 18.7 Å². The van der Waals surface area contributed by atoms with E-state index in [1.54, 1.807) is 0 Å². The maximum atomic E-state index is 12.7. The first kappa shape index (κ1) is 23.9.